The molecule has 0 aromatic carbocycles. The fourth-order valence-electron chi connectivity index (χ4n) is 2.23. The van der Waals surface area contributed by atoms with E-state index >= 15 is 0 Å². The lowest BCUT2D eigenvalue weighted by Gasteiger charge is -2.24. The summed E-state index contributed by atoms with van der Waals surface area (Å²) in [4.78, 5) is 12.0. The maximum absolute atomic E-state index is 12.0. The molecule has 0 heterocycles. The molecule has 0 saturated carbocycles. The first-order valence-corrected chi connectivity index (χ1v) is 6.53. The summed E-state index contributed by atoms with van der Waals surface area (Å²) < 4.78 is 0. The molecule has 0 radical (unpaired) electrons. The Morgan fingerprint density at radius 2 is 2.18 bits per heavy atom. The lowest BCUT2D eigenvalue weighted by Crippen LogP contribution is -2.41. The minimum absolute atomic E-state index is 0.0976. The molecular formula is C14H22N2O. The molecule has 0 bridgehead atoms. The average Bonchev–Trinajstić information content (AvgIpc) is 2.40. The third kappa shape index (κ3) is 3.33. The molecule has 1 aliphatic carbocycles. The number of nitrogens with zero attached hydrogens (tertiary/aromatic N) is 1. The van der Waals surface area contributed by atoms with Gasteiger partial charge in [-0.3, -0.25) is 4.79 Å². The number of allylic oxidation sites excluding steroid dienone is 2. The molecule has 1 aliphatic rings. The molecule has 0 spiro atoms. The van der Waals surface area contributed by atoms with Crippen LogP contribution in [0.15, 0.2) is 12.2 Å². The monoisotopic (exact) mass is 234 g/mol. The Labute approximate surface area is 104 Å². The highest BCUT2D eigenvalue weighted by atomic mass is 16.2. The van der Waals surface area contributed by atoms with Crippen molar-refractivity contribution < 1.29 is 4.79 Å². The normalized spacial score (nSPS) is 19.7. The Kier molecular flexibility index (Phi) is 5.21. The van der Waals surface area contributed by atoms with Crippen LogP contribution in [-0.4, -0.2) is 12.5 Å². The molecule has 0 fully saturated rings. The fourth-order valence-corrected chi connectivity index (χ4v) is 2.23. The van der Waals surface area contributed by atoms with Crippen LogP contribution in [-0.2, 0) is 4.79 Å². The SMILES string of the molecule is CCC(C#N)(CC)C(=O)NCC1CC=CCC1. The number of rotatable bonds is 5. The molecular weight excluding hydrogens is 212 g/mol. The van der Waals surface area contributed by atoms with Gasteiger partial charge in [0.15, 0.2) is 0 Å². The number of amides is 1. The Morgan fingerprint density at radius 3 is 2.65 bits per heavy atom. The maximum atomic E-state index is 12.0. The summed E-state index contributed by atoms with van der Waals surface area (Å²) in [6, 6.07) is 2.18. The summed E-state index contributed by atoms with van der Waals surface area (Å²) in [7, 11) is 0. The first-order chi connectivity index (χ1) is 8.18. The summed E-state index contributed by atoms with van der Waals surface area (Å²) in [5.74, 6) is 0.439. The number of carbonyl (C=O) groups excluding carboxylic acids is 1. The Hall–Kier alpha value is -1.30. The van der Waals surface area contributed by atoms with Crippen molar-refractivity contribution in [1.29, 1.82) is 5.26 Å². The number of nitriles is 1. The zero-order valence-corrected chi connectivity index (χ0v) is 10.8. The van der Waals surface area contributed by atoms with E-state index in [1.807, 2.05) is 13.8 Å². The molecule has 1 unspecified atom stereocenters. The van der Waals surface area contributed by atoms with Crippen LogP contribution in [0.3, 0.4) is 0 Å². The Bertz CT molecular complexity index is 324. The number of nitrogens with one attached hydrogen (secondary N) is 1. The van der Waals surface area contributed by atoms with Gasteiger partial charge in [-0.25, -0.2) is 0 Å². The van der Waals surface area contributed by atoms with E-state index in [1.54, 1.807) is 0 Å². The summed E-state index contributed by atoms with van der Waals surface area (Å²) in [5, 5.41) is 12.1. The molecule has 3 nitrogen and oxygen atoms in total. The van der Waals surface area contributed by atoms with Gasteiger partial charge in [0, 0.05) is 6.54 Å². The van der Waals surface area contributed by atoms with Crippen LogP contribution in [0.2, 0.25) is 0 Å². The van der Waals surface area contributed by atoms with Crippen molar-refractivity contribution >= 4 is 5.91 Å². The first kappa shape index (κ1) is 13.8. The van der Waals surface area contributed by atoms with Crippen molar-refractivity contribution in [1.82, 2.24) is 5.32 Å². The summed E-state index contributed by atoms with van der Waals surface area (Å²) >= 11 is 0. The van der Waals surface area contributed by atoms with Gasteiger partial charge >= 0.3 is 0 Å². The van der Waals surface area contributed by atoms with Gasteiger partial charge < -0.3 is 5.32 Å². The molecule has 0 aliphatic heterocycles. The van der Waals surface area contributed by atoms with E-state index in [4.69, 9.17) is 5.26 Å². The lowest BCUT2D eigenvalue weighted by molar-refractivity contribution is -0.128. The smallest absolute Gasteiger partial charge is 0.240 e. The van der Waals surface area contributed by atoms with Gasteiger partial charge in [0.25, 0.3) is 0 Å². The van der Waals surface area contributed by atoms with Gasteiger partial charge in [0.1, 0.15) is 5.41 Å². The van der Waals surface area contributed by atoms with Crippen molar-refractivity contribution in [2.75, 3.05) is 6.54 Å². The van der Waals surface area contributed by atoms with Crippen molar-refractivity contribution in [3.8, 4) is 6.07 Å². The highest BCUT2D eigenvalue weighted by molar-refractivity contribution is 5.85. The molecule has 0 aromatic rings. The Morgan fingerprint density at radius 1 is 1.47 bits per heavy atom. The predicted octanol–water partition coefficient (Wildman–Crippen LogP) is 2.79. The van der Waals surface area contributed by atoms with Gasteiger partial charge in [-0.2, -0.15) is 5.26 Å². The number of carbonyl (C=O) groups is 1. The summed E-state index contributed by atoms with van der Waals surface area (Å²) in [6.07, 6.45) is 8.80. The second-order valence-electron chi connectivity index (χ2n) is 4.76. The van der Waals surface area contributed by atoms with E-state index in [0.29, 0.717) is 25.3 Å². The number of hydrogen-bond donors (Lipinski definition) is 1. The van der Waals surface area contributed by atoms with Crippen LogP contribution in [0, 0.1) is 22.7 Å². The average molecular weight is 234 g/mol. The van der Waals surface area contributed by atoms with Crippen LogP contribution in [0.5, 0.6) is 0 Å². The third-order valence-corrected chi connectivity index (χ3v) is 3.78. The molecule has 1 rings (SSSR count). The minimum atomic E-state index is -0.829. The highest BCUT2D eigenvalue weighted by Crippen LogP contribution is 2.26. The third-order valence-electron chi connectivity index (χ3n) is 3.78. The fraction of sp³-hybridized carbons (Fsp3) is 0.714. The van der Waals surface area contributed by atoms with Crippen LogP contribution in [0.1, 0.15) is 46.0 Å². The molecule has 1 atom stereocenters. The zero-order valence-electron chi connectivity index (χ0n) is 10.8. The Balaban J connectivity index is 2.48. The van der Waals surface area contributed by atoms with Gasteiger partial charge in [0.2, 0.25) is 5.91 Å². The highest BCUT2D eigenvalue weighted by Gasteiger charge is 2.34. The lowest BCUT2D eigenvalue weighted by atomic mass is 9.83. The van der Waals surface area contributed by atoms with Crippen molar-refractivity contribution in [3.63, 3.8) is 0 Å². The first-order valence-electron chi connectivity index (χ1n) is 6.53. The van der Waals surface area contributed by atoms with E-state index in [1.165, 1.54) is 0 Å². The number of hydrogen-bond acceptors (Lipinski definition) is 2. The molecule has 1 N–H and O–H groups in total. The topological polar surface area (TPSA) is 52.9 Å². The van der Waals surface area contributed by atoms with E-state index in [0.717, 1.165) is 19.3 Å². The summed E-state index contributed by atoms with van der Waals surface area (Å²) in [6.45, 7) is 4.50. The van der Waals surface area contributed by atoms with Gasteiger partial charge in [-0.15, -0.1) is 0 Å². The zero-order chi connectivity index (χ0) is 12.7. The van der Waals surface area contributed by atoms with E-state index in [9.17, 15) is 4.79 Å². The van der Waals surface area contributed by atoms with Gasteiger partial charge in [-0.05, 0) is 38.0 Å². The standard InChI is InChI=1S/C14H22N2O/c1-3-14(4-2,11-15)13(17)16-10-12-8-6-5-7-9-12/h5-6,12H,3-4,7-10H2,1-2H3,(H,16,17). The van der Waals surface area contributed by atoms with Crippen molar-refractivity contribution in [2.45, 2.75) is 46.0 Å². The predicted molar refractivity (Wildman–Crippen MR) is 68.1 cm³/mol. The summed E-state index contributed by atoms with van der Waals surface area (Å²) in [5.41, 5.74) is -0.829. The van der Waals surface area contributed by atoms with E-state index < -0.39 is 5.41 Å². The van der Waals surface area contributed by atoms with E-state index in [-0.39, 0.29) is 5.91 Å². The van der Waals surface area contributed by atoms with Crippen LogP contribution >= 0.6 is 0 Å². The molecule has 17 heavy (non-hydrogen) atoms. The quantitative estimate of drug-likeness (QED) is 0.744. The molecule has 3 heteroatoms. The van der Waals surface area contributed by atoms with Crippen molar-refractivity contribution in [3.05, 3.63) is 12.2 Å². The van der Waals surface area contributed by atoms with Gasteiger partial charge in [0.05, 0.1) is 6.07 Å². The molecule has 0 saturated heterocycles. The maximum Gasteiger partial charge on any atom is 0.240 e. The second-order valence-corrected chi connectivity index (χ2v) is 4.76. The molecule has 1 amide bonds. The van der Waals surface area contributed by atoms with Crippen LogP contribution in [0.25, 0.3) is 0 Å². The van der Waals surface area contributed by atoms with Crippen molar-refractivity contribution in [2.24, 2.45) is 11.3 Å². The largest absolute Gasteiger partial charge is 0.354 e. The van der Waals surface area contributed by atoms with E-state index in [2.05, 4.69) is 23.5 Å². The van der Waals surface area contributed by atoms with Crippen LogP contribution in [0.4, 0.5) is 0 Å². The minimum Gasteiger partial charge on any atom is -0.354 e. The van der Waals surface area contributed by atoms with Gasteiger partial charge in [-0.1, -0.05) is 26.0 Å². The molecule has 0 aromatic heterocycles. The molecule has 94 valence electrons. The van der Waals surface area contributed by atoms with Crippen LogP contribution < -0.4 is 5.32 Å². The second kappa shape index (κ2) is 6.44.